The number of nitrogens with zero attached hydrogens (tertiary/aromatic N) is 5. The molecule has 0 unspecified atom stereocenters. The van der Waals surface area contributed by atoms with E-state index in [1.165, 1.54) is 0 Å². The fourth-order valence-corrected chi connectivity index (χ4v) is 4.62. The Morgan fingerprint density at radius 1 is 0.923 bits per heavy atom. The molecule has 4 rings (SSSR count). The SMILES string of the molecule is CC[C@@H](C)N(CC(=O)N1CCCN(c2ccc(-c3ccc(OC)cc3)nn2)CC1)C(=O)c1cccc(OC)c1. The number of anilines is 1. The van der Waals surface area contributed by atoms with E-state index in [2.05, 4.69) is 15.1 Å². The molecular formula is C30H37N5O4. The number of ether oxygens (including phenoxy) is 2. The molecule has 0 N–H and O–H groups in total. The van der Waals surface area contributed by atoms with Crippen LogP contribution < -0.4 is 14.4 Å². The molecule has 2 aromatic carbocycles. The van der Waals surface area contributed by atoms with Crippen LogP contribution >= 0.6 is 0 Å². The average molecular weight is 532 g/mol. The summed E-state index contributed by atoms with van der Waals surface area (Å²) in [5.41, 5.74) is 2.27. The number of hydrogen-bond donors (Lipinski definition) is 0. The highest BCUT2D eigenvalue weighted by atomic mass is 16.5. The third-order valence-electron chi connectivity index (χ3n) is 7.21. The lowest BCUT2D eigenvalue weighted by atomic mass is 10.1. The largest absolute Gasteiger partial charge is 0.497 e. The fraction of sp³-hybridized carbons (Fsp3) is 0.400. The van der Waals surface area contributed by atoms with Gasteiger partial charge in [0, 0.05) is 43.3 Å². The van der Waals surface area contributed by atoms with Gasteiger partial charge in [-0.2, -0.15) is 0 Å². The van der Waals surface area contributed by atoms with Gasteiger partial charge in [-0.3, -0.25) is 9.59 Å². The van der Waals surface area contributed by atoms with Crippen molar-refractivity contribution in [3.63, 3.8) is 0 Å². The first-order valence-corrected chi connectivity index (χ1v) is 13.4. The van der Waals surface area contributed by atoms with Crippen molar-refractivity contribution < 1.29 is 19.1 Å². The van der Waals surface area contributed by atoms with Gasteiger partial charge in [0.1, 0.15) is 18.0 Å². The lowest BCUT2D eigenvalue weighted by Gasteiger charge is -2.31. The standard InChI is InChI=1S/C30H37N5O4/c1-5-22(2)35(30(37)24-8-6-9-26(20-24)39-4)21-29(36)34-17-7-16-33(18-19-34)28-15-14-27(31-32-28)23-10-12-25(38-3)13-11-23/h6,8-15,20,22H,5,7,16-19,21H2,1-4H3/t22-/m1/s1. The molecule has 0 spiro atoms. The van der Waals surface area contributed by atoms with Crippen molar-refractivity contribution in [3.05, 3.63) is 66.2 Å². The molecule has 206 valence electrons. The quantitative estimate of drug-likeness (QED) is 0.410. The van der Waals surface area contributed by atoms with Gasteiger partial charge in [0.05, 0.1) is 19.9 Å². The second-order valence-corrected chi connectivity index (χ2v) is 9.65. The summed E-state index contributed by atoms with van der Waals surface area (Å²) >= 11 is 0. The van der Waals surface area contributed by atoms with Crippen molar-refractivity contribution in [1.82, 2.24) is 20.0 Å². The zero-order valence-electron chi connectivity index (χ0n) is 23.2. The zero-order valence-corrected chi connectivity index (χ0v) is 23.2. The molecule has 0 aliphatic carbocycles. The van der Waals surface area contributed by atoms with Gasteiger partial charge in [-0.15, -0.1) is 10.2 Å². The maximum atomic E-state index is 13.4. The van der Waals surface area contributed by atoms with Gasteiger partial charge >= 0.3 is 0 Å². The molecule has 1 saturated heterocycles. The normalized spacial score (nSPS) is 14.4. The highest BCUT2D eigenvalue weighted by Gasteiger charge is 2.27. The van der Waals surface area contributed by atoms with E-state index in [1.807, 2.05) is 55.1 Å². The summed E-state index contributed by atoms with van der Waals surface area (Å²) in [6, 6.07) is 18.6. The lowest BCUT2D eigenvalue weighted by molar-refractivity contribution is -0.132. The van der Waals surface area contributed by atoms with Gasteiger partial charge in [0.2, 0.25) is 5.91 Å². The van der Waals surface area contributed by atoms with Crippen LogP contribution in [0, 0.1) is 0 Å². The van der Waals surface area contributed by atoms with E-state index in [4.69, 9.17) is 9.47 Å². The number of methoxy groups -OCH3 is 2. The van der Waals surface area contributed by atoms with Crippen LogP contribution in [-0.2, 0) is 4.79 Å². The van der Waals surface area contributed by atoms with Crippen molar-refractivity contribution >= 4 is 17.6 Å². The lowest BCUT2D eigenvalue weighted by Crippen LogP contribution is -2.47. The first-order chi connectivity index (χ1) is 18.9. The Hall–Kier alpha value is -4.14. The summed E-state index contributed by atoms with van der Waals surface area (Å²) in [5, 5.41) is 8.89. The highest BCUT2D eigenvalue weighted by molar-refractivity contribution is 5.97. The van der Waals surface area contributed by atoms with Gasteiger partial charge < -0.3 is 24.2 Å². The molecule has 1 aliphatic heterocycles. The van der Waals surface area contributed by atoms with Gasteiger partial charge in [-0.1, -0.05) is 13.0 Å². The summed E-state index contributed by atoms with van der Waals surface area (Å²) in [6.07, 6.45) is 1.56. The Labute approximate surface area is 230 Å². The van der Waals surface area contributed by atoms with Crippen LogP contribution in [0.15, 0.2) is 60.7 Å². The monoisotopic (exact) mass is 531 g/mol. The summed E-state index contributed by atoms with van der Waals surface area (Å²) in [6.45, 7) is 6.65. The molecule has 1 atom stereocenters. The van der Waals surface area contributed by atoms with Crippen LogP contribution in [0.2, 0.25) is 0 Å². The van der Waals surface area contributed by atoms with E-state index < -0.39 is 0 Å². The van der Waals surface area contributed by atoms with E-state index >= 15 is 0 Å². The number of benzene rings is 2. The maximum Gasteiger partial charge on any atom is 0.254 e. The summed E-state index contributed by atoms with van der Waals surface area (Å²) in [5.74, 6) is 1.98. The van der Waals surface area contributed by atoms with Crippen LogP contribution in [0.25, 0.3) is 11.3 Å². The third kappa shape index (κ3) is 6.85. The minimum Gasteiger partial charge on any atom is -0.497 e. The minimum atomic E-state index is -0.166. The Morgan fingerprint density at radius 3 is 2.36 bits per heavy atom. The predicted octanol–water partition coefficient (Wildman–Crippen LogP) is 4.14. The maximum absolute atomic E-state index is 13.4. The zero-order chi connectivity index (χ0) is 27.8. The van der Waals surface area contributed by atoms with Gasteiger partial charge in [-0.05, 0) is 74.4 Å². The molecule has 0 bridgehead atoms. The first kappa shape index (κ1) is 27.9. The molecular weight excluding hydrogens is 494 g/mol. The first-order valence-electron chi connectivity index (χ1n) is 13.4. The van der Waals surface area contributed by atoms with E-state index in [0.717, 1.165) is 42.2 Å². The van der Waals surface area contributed by atoms with Crippen molar-refractivity contribution in [2.24, 2.45) is 0 Å². The average Bonchev–Trinajstić information content (AvgIpc) is 3.26. The Morgan fingerprint density at radius 2 is 1.69 bits per heavy atom. The minimum absolute atomic E-state index is 0.0431. The van der Waals surface area contributed by atoms with Crippen LogP contribution in [0.4, 0.5) is 5.82 Å². The van der Waals surface area contributed by atoms with Crippen molar-refractivity contribution in [1.29, 1.82) is 0 Å². The van der Waals surface area contributed by atoms with Gasteiger partial charge in [-0.25, -0.2) is 0 Å². The molecule has 1 fully saturated rings. The summed E-state index contributed by atoms with van der Waals surface area (Å²) in [4.78, 5) is 32.4. The van der Waals surface area contributed by atoms with Crippen molar-refractivity contribution in [2.45, 2.75) is 32.7 Å². The van der Waals surface area contributed by atoms with Gasteiger partial charge in [0.25, 0.3) is 5.91 Å². The summed E-state index contributed by atoms with van der Waals surface area (Å²) < 4.78 is 10.5. The fourth-order valence-electron chi connectivity index (χ4n) is 4.62. The highest BCUT2D eigenvalue weighted by Crippen LogP contribution is 2.22. The van der Waals surface area contributed by atoms with Crippen LogP contribution in [0.3, 0.4) is 0 Å². The molecule has 39 heavy (non-hydrogen) atoms. The molecule has 9 heteroatoms. The van der Waals surface area contributed by atoms with Crippen LogP contribution in [0.1, 0.15) is 37.0 Å². The number of carbonyl (C=O) groups excluding carboxylic acids is 2. The molecule has 2 amide bonds. The molecule has 3 aromatic rings. The van der Waals surface area contributed by atoms with E-state index in [1.54, 1.807) is 43.4 Å². The predicted molar refractivity (Wildman–Crippen MR) is 151 cm³/mol. The number of carbonyl (C=O) groups is 2. The Balaban J connectivity index is 1.39. The molecule has 0 saturated carbocycles. The summed E-state index contributed by atoms with van der Waals surface area (Å²) in [7, 11) is 3.21. The molecule has 2 heterocycles. The van der Waals surface area contributed by atoms with Crippen LogP contribution in [-0.4, -0.2) is 84.8 Å². The molecule has 1 aromatic heterocycles. The van der Waals surface area contributed by atoms with Crippen LogP contribution in [0.5, 0.6) is 11.5 Å². The number of aromatic nitrogens is 2. The van der Waals surface area contributed by atoms with E-state index in [9.17, 15) is 9.59 Å². The molecule has 1 aliphatic rings. The van der Waals surface area contributed by atoms with E-state index in [-0.39, 0.29) is 24.4 Å². The second-order valence-electron chi connectivity index (χ2n) is 9.65. The van der Waals surface area contributed by atoms with Crippen molar-refractivity contribution in [2.75, 3.05) is 51.8 Å². The Kier molecular flexibility index (Phi) is 9.35. The smallest absolute Gasteiger partial charge is 0.254 e. The number of rotatable bonds is 9. The van der Waals surface area contributed by atoms with Gasteiger partial charge in [0.15, 0.2) is 5.82 Å². The molecule has 9 nitrogen and oxygen atoms in total. The molecule has 0 radical (unpaired) electrons. The number of hydrogen-bond acceptors (Lipinski definition) is 7. The number of amides is 2. The Bertz CT molecular complexity index is 1250. The van der Waals surface area contributed by atoms with E-state index in [0.29, 0.717) is 30.9 Å². The second kappa shape index (κ2) is 13.1. The van der Waals surface area contributed by atoms with Crippen molar-refractivity contribution in [3.8, 4) is 22.8 Å². The topological polar surface area (TPSA) is 88.1 Å². The third-order valence-corrected chi connectivity index (χ3v) is 7.21.